The van der Waals surface area contributed by atoms with E-state index in [2.05, 4.69) is 6.58 Å². The van der Waals surface area contributed by atoms with Crippen LogP contribution in [0.3, 0.4) is 0 Å². The molecule has 32 heavy (non-hydrogen) atoms. The van der Waals surface area contributed by atoms with Crippen LogP contribution in [0.4, 0.5) is 10.5 Å². The van der Waals surface area contributed by atoms with Crippen LogP contribution in [-0.2, 0) is 14.8 Å². The molecule has 1 aliphatic rings. The molecule has 1 saturated heterocycles. The number of ketones is 1. The van der Waals surface area contributed by atoms with Crippen molar-refractivity contribution in [2.45, 2.75) is 4.90 Å². The first-order valence-electron chi connectivity index (χ1n) is 9.67. The van der Waals surface area contributed by atoms with Gasteiger partial charge in [0.1, 0.15) is 12.3 Å². The number of carbonyl (C=O) groups excluding carboxylic acids is 3. The van der Waals surface area contributed by atoms with Crippen LogP contribution in [-0.4, -0.2) is 69.1 Å². The molecule has 0 radical (unpaired) electrons. The summed E-state index contributed by atoms with van der Waals surface area (Å²) in [6.45, 7) is 2.97. The average molecular weight is 458 g/mol. The van der Waals surface area contributed by atoms with E-state index in [0.29, 0.717) is 5.56 Å². The van der Waals surface area contributed by atoms with Gasteiger partial charge in [-0.15, -0.1) is 6.58 Å². The maximum absolute atomic E-state index is 12.7. The molecule has 0 spiro atoms. The van der Waals surface area contributed by atoms with Crippen LogP contribution >= 0.6 is 0 Å². The maximum atomic E-state index is 12.7. The third-order valence-electron chi connectivity index (χ3n) is 4.82. The van der Waals surface area contributed by atoms with Crippen molar-refractivity contribution in [3.63, 3.8) is 0 Å². The number of nitrogens with zero attached hydrogens (tertiary/aromatic N) is 3. The van der Waals surface area contributed by atoms with Crippen LogP contribution in [0, 0.1) is 0 Å². The monoisotopic (exact) mass is 457 g/mol. The standard InChI is InChI=1S/C22H23N3O6S/c1-4-12-24-21(27)14-25(22(24)28)18-11-10-17(32(29,30)23(2)3)13-20(18)31-15-19(26)16-8-6-5-7-9-16/h4-11,13H,1,12,14-15H2,2-3H3. The van der Waals surface area contributed by atoms with E-state index in [4.69, 9.17) is 4.74 Å². The lowest BCUT2D eigenvalue weighted by atomic mass is 10.1. The predicted octanol–water partition coefficient (Wildman–Crippen LogP) is 2.15. The minimum Gasteiger partial charge on any atom is -0.483 e. The van der Waals surface area contributed by atoms with E-state index >= 15 is 0 Å². The fourth-order valence-corrected chi connectivity index (χ4v) is 4.01. The molecular formula is C22H23N3O6S. The number of benzene rings is 2. The highest BCUT2D eigenvalue weighted by Gasteiger charge is 2.37. The summed E-state index contributed by atoms with van der Waals surface area (Å²) in [5.74, 6) is -0.750. The molecule has 1 aliphatic heterocycles. The van der Waals surface area contributed by atoms with Gasteiger partial charge in [-0.25, -0.2) is 17.5 Å². The van der Waals surface area contributed by atoms with Gasteiger partial charge in [-0.05, 0) is 12.1 Å². The van der Waals surface area contributed by atoms with Crippen molar-refractivity contribution in [1.29, 1.82) is 0 Å². The highest BCUT2D eigenvalue weighted by atomic mass is 32.2. The highest BCUT2D eigenvalue weighted by Crippen LogP contribution is 2.34. The number of hydrogen-bond acceptors (Lipinski definition) is 6. The Bertz CT molecular complexity index is 1160. The number of hydrogen-bond donors (Lipinski definition) is 0. The van der Waals surface area contributed by atoms with E-state index in [1.54, 1.807) is 30.3 Å². The summed E-state index contributed by atoms with van der Waals surface area (Å²) >= 11 is 0. The van der Waals surface area contributed by atoms with Crippen LogP contribution in [0.1, 0.15) is 10.4 Å². The molecule has 9 nitrogen and oxygen atoms in total. The summed E-state index contributed by atoms with van der Waals surface area (Å²) in [5.41, 5.74) is 0.615. The van der Waals surface area contributed by atoms with E-state index in [1.165, 1.54) is 43.3 Å². The van der Waals surface area contributed by atoms with Crippen LogP contribution in [0.5, 0.6) is 5.75 Å². The molecule has 0 aromatic heterocycles. The lowest BCUT2D eigenvalue weighted by Crippen LogP contribution is -2.33. The van der Waals surface area contributed by atoms with Crippen molar-refractivity contribution >= 4 is 33.4 Å². The second-order valence-corrected chi connectivity index (χ2v) is 9.31. The molecule has 0 saturated carbocycles. The zero-order valence-corrected chi connectivity index (χ0v) is 18.5. The second-order valence-electron chi connectivity index (χ2n) is 7.16. The molecule has 2 aromatic carbocycles. The summed E-state index contributed by atoms with van der Waals surface area (Å²) in [4.78, 5) is 39.6. The zero-order valence-electron chi connectivity index (χ0n) is 17.7. The summed E-state index contributed by atoms with van der Waals surface area (Å²) in [6, 6.07) is 11.8. The number of imide groups is 1. The molecule has 0 N–H and O–H groups in total. The molecule has 168 valence electrons. The van der Waals surface area contributed by atoms with E-state index in [1.807, 2.05) is 0 Å². The van der Waals surface area contributed by atoms with Crippen molar-refractivity contribution in [1.82, 2.24) is 9.21 Å². The van der Waals surface area contributed by atoms with Gasteiger partial charge in [-0.1, -0.05) is 36.4 Å². The maximum Gasteiger partial charge on any atom is 0.332 e. The quantitative estimate of drug-likeness (QED) is 0.325. The smallest absolute Gasteiger partial charge is 0.332 e. The number of anilines is 1. The van der Waals surface area contributed by atoms with Crippen molar-refractivity contribution in [2.24, 2.45) is 0 Å². The summed E-state index contributed by atoms with van der Waals surface area (Å²) in [6.07, 6.45) is 1.43. The van der Waals surface area contributed by atoms with Gasteiger partial charge in [-0.3, -0.25) is 19.4 Å². The van der Waals surface area contributed by atoms with Gasteiger partial charge in [0, 0.05) is 32.3 Å². The summed E-state index contributed by atoms with van der Waals surface area (Å²) in [7, 11) is -1.02. The van der Waals surface area contributed by atoms with E-state index < -0.39 is 22.0 Å². The Hall–Kier alpha value is -3.50. The van der Waals surface area contributed by atoms with Crippen molar-refractivity contribution in [3.05, 3.63) is 66.7 Å². The molecule has 2 aromatic rings. The van der Waals surface area contributed by atoms with Crippen LogP contribution in [0.2, 0.25) is 0 Å². The fourth-order valence-electron chi connectivity index (χ4n) is 3.09. The van der Waals surface area contributed by atoms with Crippen molar-refractivity contribution < 1.29 is 27.5 Å². The molecule has 0 unspecified atom stereocenters. The van der Waals surface area contributed by atoms with Crippen molar-refractivity contribution in [2.75, 3.05) is 38.7 Å². The Balaban J connectivity index is 1.97. The lowest BCUT2D eigenvalue weighted by Gasteiger charge is -2.21. The van der Waals surface area contributed by atoms with Crippen LogP contribution in [0.25, 0.3) is 0 Å². The average Bonchev–Trinajstić information content (AvgIpc) is 3.06. The SMILES string of the molecule is C=CCN1C(=O)CN(c2ccc(S(=O)(=O)N(C)C)cc2OCC(=O)c2ccccc2)C1=O. The number of sulfonamides is 1. The molecule has 3 rings (SSSR count). The number of ether oxygens (including phenoxy) is 1. The first-order chi connectivity index (χ1) is 15.2. The largest absolute Gasteiger partial charge is 0.483 e. The Labute approximate surface area is 186 Å². The minimum absolute atomic E-state index is 0.00110. The number of urea groups is 1. The summed E-state index contributed by atoms with van der Waals surface area (Å²) in [5, 5.41) is 0. The van der Waals surface area contributed by atoms with E-state index in [9.17, 15) is 22.8 Å². The summed E-state index contributed by atoms with van der Waals surface area (Å²) < 4.78 is 31.9. The molecular weight excluding hydrogens is 434 g/mol. The van der Waals surface area contributed by atoms with Gasteiger partial charge in [0.2, 0.25) is 10.0 Å². The van der Waals surface area contributed by atoms with Crippen molar-refractivity contribution in [3.8, 4) is 5.75 Å². The highest BCUT2D eigenvalue weighted by molar-refractivity contribution is 7.89. The fraction of sp³-hybridized carbons (Fsp3) is 0.227. The van der Waals surface area contributed by atoms with Gasteiger partial charge in [-0.2, -0.15) is 0 Å². The lowest BCUT2D eigenvalue weighted by molar-refractivity contribution is -0.124. The third kappa shape index (κ3) is 4.56. The topological polar surface area (TPSA) is 104 Å². The number of Topliss-reactive ketones (excluding diaryl/α,β-unsaturated/α-hetero) is 1. The first kappa shape index (κ1) is 23.2. The van der Waals surface area contributed by atoms with Gasteiger partial charge >= 0.3 is 6.03 Å². The molecule has 0 bridgehead atoms. The van der Waals surface area contributed by atoms with Crippen LogP contribution in [0.15, 0.2) is 66.1 Å². The first-order valence-corrected chi connectivity index (χ1v) is 11.1. The Morgan fingerprint density at radius 3 is 2.47 bits per heavy atom. The minimum atomic E-state index is -3.80. The van der Waals surface area contributed by atoms with Gasteiger partial charge < -0.3 is 4.74 Å². The number of rotatable bonds is 9. The van der Waals surface area contributed by atoms with Gasteiger partial charge in [0.05, 0.1) is 10.6 Å². The molecule has 1 fully saturated rings. The Morgan fingerprint density at radius 2 is 1.84 bits per heavy atom. The van der Waals surface area contributed by atoms with Gasteiger partial charge in [0.25, 0.3) is 5.91 Å². The molecule has 10 heteroatoms. The van der Waals surface area contributed by atoms with E-state index in [0.717, 1.165) is 9.21 Å². The van der Waals surface area contributed by atoms with Gasteiger partial charge in [0.15, 0.2) is 12.4 Å². The Morgan fingerprint density at radius 1 is 1.16 bits per heavy atom. The van der Waals surface area contributed by atoms with Crippen LogP contribution < -0.4 is 9.64 Å². The second kappa shape index (κ2) is 9.33. The van der Waals surface area contributed by atoms with E-state index in [-0.39, 0.29) is 41.8 Å². The molecule has 0 aliphatic carbocycles. The normalized spacial score (nSPS) is 14.2. The number of amides is 3. The Kier molecular flexibility index (Phi) is 6.75. The molecule has 3 amide bonds. The third-order valence-corrected chi connectivity index (χ3v) is 6.63. The zero-order chi connectivity index (χ0) is 23.5. The molecule has 1 heterocycles. The predicted molar refractivity (Wildman–Crippen MR) is 118 cm³/mol. The number of carbonyl (C=O) groups is 3. The molecule has 0 atom stereocenters.